The van der Waals surface area contributed by atoms with Gasteiger partial charge in [0.15, 0.2) is 0 Å². The molecule has 1 aliphatic heterocycles. The number of benzene rings is 1. The summed E-state index contributed by atoms with van der Waals surface area (Å²) in [5, 5.41) is 0. The number of aromatic nitrogens is 2. The van der Waals surface area contributed by atoms with E-state index in [-0.39, 0.29) is 5.56 Å². The van der Waals surface area contributed by atoms with Gasteiger partial charge in [-0.25, -0.2) is 4.98 Å². The Balaban J connectivity index is 1.57. The molecule has 0 aliphatic carbocycles. The number of H-pyrrole nitrogens is 1. The zero-order chi connectivity index (χ0) is 16.1. The van der Waals surface area contributed by atoms with E-state index in [0.29, 0.717) is 18.4 Å². The van der Waals surface area contributed by atoms with Crippen LogP contribution >= 0.6 is 0 Å². The summed E-state index contributed by atoms with van der Waals surface area (Å²) in [6, 6.07) is 12.0. The highest BCUT2D eigenvalue weighted by Gasteiger charge is 2.27. The lowest BCUT2D eigenvalue weighted by atomic mass is 9.99. The zero-order valence-corrected chi connectivity index (χ0v) is 13.3. The standard InChI is InChI=1S/C18H24N4O/c19-11-15(10-14-4-2-1-3-5-14)12-22-9-7-16(13-22)18-20-8-6-17(23)21-18/h1-6,8,15-16H,7,9-13,19H2,(H,20,21,23). The van der Waals surface area contributed by atoms with Gasteiger partial charge in [-0.05, 0) is 37.4 Å². The Kier molecular flexibility index (Phi) is 5.20. The topological polar surface area (TPSA) is 75.0 Å². The molecule has 0 amide bonds. The van der Waals surface area contributed by atoms with Crippen LogP contribution in [0.5, 0.6) is 0 Å². The number of rotatable bonds is 6. The SMILES string of the molecule is NCC(Cc1ccccc1)CN1CCC(c2nccc(=O)[nH]2)C1. The average Bonchev–Trinajstić information content (AvgIpc) is 3.04. The molecule has 3 N–H and O–H groups in total. The van der Waals surface area contributed by atoms with E-state index in [9.17, 15) is 4.79 Å². The van der Waals surface area contributed by atoms with Crippen molar-refractivity contribution in [3.63, 3.8) is 0 Å². The molecule has 3 rings (SSSR count). The lowest BCUT2D eigenvalue weighted by molar-refractivity contribution is 0.276. The third-order valence-corrected chi connectivity index (χ3v) is 4.57. The fraction of sp³-hybridized carbons (Fsp3) is 0.444. The van der Waals surface area contributed by atoms with Crippen molar-refractivity contribution in [2.75, 3.05) is 26.2 Å². The van der Waals surface area contributed by atoms with E-state index in [2.05, 4.69) is 39.1 Å². The summed E-state index contributed by atoms with van der Waals surface area (Å²) in [5.74, 6) is 1.59. The van der Waals surface area contributed by atoms with Gasteiger partial charge in [-0.2, -0.15) is 0 Å². The van der Waals surface area contributed by atoms with Crippen molar-refractivity contribution < 1.29 is 0 Å². The maximum absolute atomic E-state index is 11.4. The maximum atomic E-state index is 11.4. The Hall–Kier alpha value is -1.98. The molecule has 23 heavy (non-hydrogen) atoms. The highest BCUT2D eigenvalue weighted by atomic mass is 16.1. The molecule has 0 saturated carbocycles. The van der Waals surface area contributed by atoms with E-state index >= 15 is 0 Å². The van der Waals surface area contributed by atoms with Crippen LogP contribution in [0.2, 0.25) is 0 Å². The first-order chi connectivity index (χ1) is 11.2. The van der Waals surface area contributed by atoms with Crippen molar-refractivity contribution in [3.8, 4) is 0 Å². The molecule has 1 aromatic heterocycles. The normalized spacial score (nSPS) is 19.8. The molecule has 1 aromatic carbocycles. The first kappa shape index (κ1) is 15.9. The van der Waals surface area contributed by atoms with Gasteiger partial charge in [0.25, 0.3) is 5.56 Å². The minimum atomic E-state index is -0.0719. The van der Waals surface area contributed by atoms with Crippen LogP contribution in [-0.2, 0) is 6.42 Å². The van der Waals surface area contributed by atoms with Crippen LogP contribution in [0, 0.1) is 5.92 Å². The third kappa shape index (κ3) is 4.27. The smallest absolute Gasteiger partial charge is 0.250 e. The molecular weight excluding hydrogens is 288 g/mol. The molecule has 2 heterocycles. The van der Waals surface area contributed by atoms with Crippen molar-refractivity contribution in [3.05, 3.63) is 64.3 Å². The summed E-state index contributed by atoms with van der Waals surface area (Å²) >= 11 is 0. The molecule has 1 fully saturated rings. The molecule has 1 aliphatic rings. The fourth-order valence-corrected chi connectivity index (χ4v) is 3.35. The minimum absolute atomic E-state index is 0.0719. The Bertz CT molecular complexity index is 670. The van der Waals surface area contributed by atoms with Gasteiger partial charge in [0, 0.05) is 31.3 Å². The average molecular weight is 312 g/mol. The molecular formula is C18H24N4O. The minimum Gasteiger partial charge on any atom is -0.330 e. The number of nitrogens with two attached hydrogens (primary N) is 1. The van der Waals surface area contributed by atoms with Gasteiger partial charge >= 0.3 is 0 Å². The third-order valence-electron chi connectivity index (χ3n) is 4.57. The summed E-state index contributed by atoms with van der Waals surface area (Å²) in [6.07, 6.45) is 3.64. The highest BCUT2D eigenvalue weighted by Crippen LogP contribution is 2.24. The monoisotopic (exact) mass is 312 g/mol. The Labute approximate surface area is 136 Å². The summed E-state index contributed by atoms with van der Waals surface area (Å²) in [7, 11) is 0. The fourth-order valence-electron chi connectivity index (χ4n) is 3.35. The van der Waals surface area contributed by atoms with Crippen LogP contribution in [-0.4, -0.2) is 41.0 Å². The Morgan fingerprint density at radius 1 is 1.30 bits per heavy atom. The second-order valence-electron chi connectivity index (χ2n) is 6.36. The lowest BCUT2D eigenvalue weighted by Crippen LogP contribution is -2.32. The predicted molar refractivity (Wildman–Crippen MR) is 91.3 cm³/mol. The number of hydrogen-bond acceptors (Lipinski definition) is 4. The van der Waals surface area contributed by atoms with Gasteiger partial charge in [-0.15, -0.1) is 0 Å². The second-order valence-corrected chi connectivity index (χ2v) is 6.36. The van der Waals surface area contributed by atoms with E-state index in [1.807, 2.05) is 6.07 Å². The number of nitrogens with zero attached hydrogens (tertiary/aromatic N) is 2. The summed E-state index contributed by atoms with van der Waals surface area (Å²) in [4.78, 5) is 21.0. The molecule has 0 spiro atoms. The van der Waals surface area contributed by atoms with E-state index < -0.39 is 0 Å². The largest absolute Gasteiger partial charge is 0.330 e. The van der Waals surface area contributed by atoms with E-state index in [0.717, 1.165) is 38.3 Å². The van der Waals surface area contributed by atoms with Crippen molar-refractivity contribution in [2.24, 2.45) is 11.7 Å². The van der Waals surface area contributed by atoms with Crippen LogP contribution in [0.25, 0.3) is 0 Å². The number of nitrogens with one attached hydrogen (secondary N) is 1. The van der Waals surface area contributed by atoms with Crippen LogP contribution in [0.4, 0.5) is 0 Å². The van der Waals surface area contributed by atoms with Gasteiger partial charge in [-0.1, -0.05) is 30.3 Å². The second kappa shape index (κ2) is 7.53. The Morgan fingerprint density at radius 3 is 2.87 bits per heavy atom. The van der Waals surface area contributed by atoms with E-state index in [4.69, 9.17) is 5.73 Å². The molecule has 0 radical (unpaired) electrons. The van der Waals surface area contributed by atoms with Gasteiger partial charge in [0.1, 0.15) is 5.82 Å². The van der Waals surface area contributed by atoms with E-state index in [1.54, 1.807) is 6.20 Å². The molecule has 0 bridgehead atoms. The zero-order valence-electron chi connectivity index (χ0n) is 13.3. The Morgan fingerprint density at radius 2 is 2.13 bits per heavy atom. The lowest BCUT2D eigenvalue weighted by Gasteiger charge is -2.22. The molecule has 5 heteroatoms. The van der Waals surface area contributed by atoms with Crippen molar-refractivity contribution in [2.45, 2.75) is 18.8 Å². The van der Waals surface area contributed by atoms with Crippen LogP contribution < -0.4 is 11.3 Å². The number of likely N-dealkylation sites (tertiary alicyclic amines) is 1. The summed E-state index contributed by atoms with van der Waals surface area (Å²) in [5.41, 5.74) is 7.25. The quantitative estimate of drug-likeness (QED) is 0.845. The highest BCUT2D eigenvalue weighted by molar-refractivity contribution is 5.15. The molecule has 2 aromatic rings. The van der Waals surface area contributed by atoms with Gasteiger partial charge < -0.3 is 15.6 Å². The van der Waals surface area contributed by atoms with Gasteiger partial charge in [0.05, 0.1) is 0 Å². The van der Waals surface area contributed by atoms with Gasteiger partial charge in [0.2, 0.25) is 0 Å². The summed E-state index contributed by atoms with van der Waals surface area (Å²) in [6.45, 7) is 3.67. The molecule has 2 unspecified atom stereocenters. The molecule has 1 saturated heterocycles. The first-order valence-electron chi connectivity index (χ1n) is 8.26. The summed E-state index contributed by atoms with van der Waals surface area (Å²) < 4.78 is 0. The van der Waals surface area contributed by atoms with E-state index in [1.165, 1.54) is 11.6 Å². The van der Waals surface area contributed by atoms with Crippen LogP contribution in [0.15, 0.2) is 47.4 Å². The number of aromatic amines is 1. The number of hydrogen-bond donors (Lipinski definition) is 2. The molecule has 2 atom stereocenters. The molecule has 5 nitrogen and oxygen atoms in total. The maximum Gasteiger partial charge on any atom is 0.250 e. The van der Waals surface area contributed by atoms with Crippen molar-refractivity contribution >= 4 is 0 Å². The first-order valence-corrected chi connectivity index (χ1v) is 8.26. The van der Waals surface area contributed by atoms with Crippen LogP contribution in [0.1, 0.15) is 23.7 Å². The predicted octanol–water partition coefficient (Wildman–Crippen LogP) is 1.38. The van der Waals surface area contributed by atoms with Crippen molar-refractivity contribution in [1.29, 1.82) is 0 Å². The van der Waals surface area contributed by atoms with Crippen molar-refractivity contribution in [1.82, 2.24) is 14.9 Å². The van der Waals surface area contributed by atoms with Gasteiger partial charge in [-0.3, -0.25) is 4.79 Å². The molecule has 122 valence electrons. The van der Waals surface area contributed by atoms with Crippen LogP contribution in [0.3, 0.4) is 0 Å².